The van der Waals surface area contributed by atoms with Crippen molar-refractivity contribution in [1.29, 1.82) is 0 Å². The largest absolute Gasteiger partial charge is 0.479 e. The molecule has 67 heavy (non-hydrogen) atoms. The van der Waals surface area contributed by atoms with Crippen LogP contribution >= 0.6 is 0 Å². The molecule has 30 heteroatoms. The van der Waals surface area contributed by atoms with E-state index in [0.717, 1.165) is 0 Å². The van der Waals surface area contributed by atoms with Crippen molar-refractivity contribution in [2.45, 2.75) is 205 Å². The van der Waals surface area contributed by atoms with E-state index in [-0.39, 0.29) is 0 Å². The van der Waals surface area contributed by atoms with Crippen LogP contribution in [0.2, 0.25) is 0 Å². The highest BCUT2D eigenvalue weighted by molar-refractivity contribution is 5.73. The molecule has 6 aliphatic rings. The lowest BCUT2D eigenvalue weighted by atomic mass is 9.95. The minimum Gasteiger partial charge on any atom is -0.479 e. The molecular formula is C37H63NO29. The van der Waals surface area contributed by atoms with Gasteiger partial charge in [0.15, 0.2) is 43.8 Å². The second-order valence-corrected chi connectivity index (χ2v) is 17.1. The summed E-state index contributed by atoms with van der Waals surface area (Å²) in [5.74, 6) is -1.74. The van der Waals surface area contributed by atoms with E-state index in [2.05, 4.69) is 0 Å². The number of hydrogen-bond donors (Lipinski definition) is 17. The normalized spacial score (nSPS) is 53.3. The second kappa shape index (κ2) is 22.8. The van der Waals surface area contributed by atoms with Crippen molar-refractivity contribution in [3.8, 4) is 0 Å². The molecule has 0 aromatic rings. The van der Waals surface area contributed by atoms with Gasteiger partial charge in [-0.1, -0.05) is 0 Å². The number of aliphatic carboxylic acids is 1. The number of nitrogens with two attached hydrogens (primary N) is 1. The number of aliphatic hydroxyl groups excluding tert-OH is 15. The number of carboxylic acid groups (broad SMARTS) is 1. The number of hydrogen-bond acceptors (Lipinski definition) is 29. The Hall–Kier alpha value is -1.65. The molecule has 0 aromatic carbocycles. The molecule has 0 aromatic heterocycles. The molecule has 12 unspecified atom stereocenters. The van der Waals surface area contributed by atoms with Crippen LogP contribution in [0.5, 0.6) is 0 Å². The molecule has 0 amide bonds. The third-order valence-corrected chi connectivity index (χ3v) is 12.5. The average molecular weight is 986 g/mol. The van der Waals surface area contributed by atoms with Gasteiger partial charge < -0.3 is 144 Å². The Morgan fingerprint density at radius 3 is 1.45 bits per heavy atom. The quantitative estimate of drug-likeness (QED) is 0.0678. The van der Waals surface area contributed by atoms with Crippen LogP contribution in [0.4, 0.5) is 0 Å². The molecule has 0 aliphatic carbocycles. The van der Waals surface area contributed by atoms with Crippen molar-refractivity contribution in [3.63, 3.8) is 0 Å². The zero-order chi connectivity index (χ0) is 49.5. The fourth-order valence-corrected chi connectivity index (χ4v) is 8.41. The maximum atomic E-state index is 11.6. The van der Waals surface area contributed by atoms with Crippen LogP contribution in [0.15, 0.2) is 0 Å². The Morgan fingerprint density at radius 2 is 0.851 bits per heavy atom. The summed E-state index contributed by atoms with van der Waals surface area (Å²) in [7, 11) is 0. The molecule has 6 rings (SSSR count). The average Bonchev–Trinajstić information content (AvgIpc) is 3.29. The molecule has 0 saturated carbocycles. The van der Waals surface area contributed by atoms with E-state index < -0.39 is 210 Å². The van der Waals surface area contributed by atoms with Crippen LogP contribution < -0.4 is 5.73 Å². The Bertz CT molecular complexity index is 1580. The fourth-order valence-electron chi connectivity index (χ4n) is 8.41. The Morgan fingerprint density at radius 1 is 0.418 bits per heavy atom. The molecule has 0 spiro atoms. The van der Waals surface area contributed by atoms with E-state index >= 15 is 0 Å². The molecule has 18 N–H and O–H groups in total. The summed E-state index contributed by atoms with van der Waals surface area (Å²) in [4.78, 5) is 11.6. The van der Waals surface area contributed by atoms with Crippen molar-refractivity contribution in [1.82, 2.24) is 0 Å². The molecule has 6 saturated heterocycles. The molecule has 6 aliphatic heterocycles. The number of carboxylic acids is 1. The monoisotopic (exact) mass is 985 g/mol. The predicted octanol–water partition coefficient (Wildman–Crippen LogP) is -11.0. The highest BCUT2D eigenvalue weighted by Crippen LogP contribution is 2.37. The molecule has 30 atom stereocenters. The van der Waals surface area contributed by atoms with E-state index in [1.54, 1.807) is 0 Å². The van der Waals surface area contributed by atoms with E-state index in [1.807, 2.05) is 0 Å². The van der Waals surface area contributed by atoms with Gasteiger partial charge in [-0.3, -0.25) is 0 Å². The van der Waals surface area contributed by atoms with Crippen LogP contribution in [0.3, 0.4) is 0 Å². The van der Waals surface area contributed by atoms with Gasteiger partial charge in [0.25, 0.3) is 0 Å². The molecule has 30 nitrogen and oxygen atoms in total. The Kier molecular flexibility index (Phi) is 18.6. The summed E-state index contributed by atoms with van der Waals surface area (Å²) in [6.07, 6.45) is -55.1. The van der Waals surface area contributed by atoms with Gasteiger partial charge in [-0.25, -0.2) is 4.79 Å². The molecule has 0 bridgehead atoms. The summed E-state index contributed by atoms with van der Waals surface area (Å²) >= 11 is 0. The minimum absolute atomic E-state index is 0.457. The van der Waals surface area contributed by atoms with Gasteiger partial charge in [-0.2, -0.15) is 0 Å². The fraction of sp³-hybridized carbons (Fsp3) is 0.973. The SMILES string of the molecule is CC1O[C@H](O[C@@H]2C(CO)O[C@@H](O[C@@H]3C(O[C@H]4OC(CO[C@H]5OC(C(=O)O)[C@@H](O)[C@H](O)C5O)[C@@H](O)[C@H](O)C4O)[C@H](O[C@@H]4C(O)[C@H](OCN)OC(C)[C@@H]4O)OC(C)[C@@H]3O)C(O)[C@H]2O)C(O)[C@@H](O)[C@H]1O. The molecule has 6 fully saturated rings. The topological polar surface area (TPSA) is 478 Å². The first-order valence-corrected chi connectivity index (χ1v) is 21.4. The van der Waals surface area contributed by atoms with E-state index in [4.69, 9.17) is 62.6 Å². The van der Waals surface area contributed by atoms with Gasteiger partial charge in [0.05, 0.1) is 38.3 Å². The number of aliphatic hydroxyl groups is 15. The first kappa shape index (κ1) is 54.7. The minimum atomic E-state index is -2.20. The summed E-state index contributed by atoms with van der Waals surface area (Å²) in [5.41, 5.74) is 5.50. The van der Waals surface area contributed by atoms with Crippen LogP contribution in [-0.2, 0) is 61.6 Å². The zero-order valence-electron chi connectivity index (χ0n) is 36.0. The van der Waals surface area contributed by atoms with Crippen molar-refractivity contribution >= 4 is 5.97 Å². The molecule has 0 radical (unpaired) electrons. The first-order valence-electron chi connectivity index (χ1n) is 21.4. The summed E-state index contributed by atoms with van der Waals surface area (Å²) in [5, 5.41) is 171. The first-order chi connectivity index (χ1) is 31.5. The smallest absolute Gasteiger partial charge is 0.335 e. The maximum Gasteiger partial charge on any atom is 0.335 e. The number of ether oxygens (including phenoxy) is 12. The Labute approximate surface area is 379 Å². The lowest BCUT2D eigenvalue weighted by Crippen LogP contribution is -2.68. The van der Waals surface area contributed by atoms with Crippen LogP contribution in [-0.4, -0.2) is 292 Å². The van der Waals surface area contributed by atoms with Gasteiger partial charge in [-0.15, -0.1) is 0 Å². The van der Waals surface area contributed by atoms with E-state index in [0.29, 0.717) is 0 Å². The second-order valence-electron chi connectivity index (χ2n) is 17.1. The van der Waals surface area contributed by atoms with Crippen LogP contribution in [0.1, 0.15) is 20.8 Å². The highest BCUT2D eigenvalue weighted by atomic mass is 16.8. The van der Waals surface area contributed by atoms with E-state index in [1.165, 1.54) is 20.8 Å². The lowest BCUT2D eigenvalue weighted by Gasteiger charge is -2.50. The summed E-state index contributed by atoms with van der Waals surface area (Å²) in [6, 6.07) is 0. The summed E-state index contributed by atoms with van der Waals surface area (Å²) < 4.78 is 68.0. The van der Waals surface area contributed by atoms with Gasteiger partial charge in [-0.05, 0) is 20.8 Å². The van der Waals surface area contributed by atoms with E-state index in [9.17, 15) is 86.5 Å². The number of carbonyl (C=O) groups is 1. The molecule has 6 heterocycles. The van der Waals surface area contributed by atoms with Crippen molar-refractivity contribution < 1.29 is 143 Å². The van der Waals surface area contributed by atoms with Gasteiger partial charge >= 0.3 is 5.97 Å². The standard InChI is InChI=1S/C37H63NO29/c1-7-12(40)16(44)22(50)34(59-7)63-26-10(4-39)61-36(24(52)20(26)48)65-28-14(42)9(3)60-37(64-27-13(41)8(2)58-33(25(27)53)57-6-38)30(28)67-35-23(51)17(45)15(43)11(62-35)5-56-32-21(49)18(46)19(47)29(66-32)31(54)55/h7-30,32-37,39-53H,4-6,38H2,1-3H3,(H,54,55)/t7?,8?,9?,10?,11?,12-,13-,14-,15+,16-,17-,18-,19-,20+,21?,22?,23?,24?,25?,26+,27-,28-,29?,30?,32-,33+,34+,35+,36-,37-/m0/s1. The van der Waals surface area contributed by atoms with Crippen molar-refractivity contribution in [2.75, 3.05) is 19.9 Å². The highest BCUT2D eigenvalue weighted by Gasteiger charge is 2.57. The number of rotatable bonds is 15. The third kappa shape index (κ3) is 11.4. The van der Waals surface area contributed by atoms with Crippen LogP contribution in [0.25, 0.3) is 0 Å². The third-order valence-electron chi connectivity index (χ3n) is 12.5. The predicted molar refractivity (Wildman–Crippen MR) is 203 cm³/mol. The van der Waals surface area contributed by atoms with Crippen molar-refractivity contribution in [3.05, 3.63) is 0 Å². The van der Waals surface area contributed by atoms with Gasteiger partial charge in [0, 0.05) is 0 Å². The van der Waals surface area contributed by atoms with Gasteiger partial charge in [0.1, 0.15) is 122 Å². The molecule has 390 valence electrons. The Balaban J connectivity index is 1.27. The van der Waals surface area contributed by atoms with Crippen LogP contribution in [0, 0.1) is 0 Å². The summed E-state index contributed by atoms with van der Waals surface area (Å²) in [6.45, 7) is 1.71. The molecular weight excluding hydrogens is 922 g/mol. The van der Waals surface area contributed by atoms with Crippen molar-refractivity contribution in [2.24, 2.45) is 5.73 Å². The maximum absolute atomic E-state index is 11.6. The zero-order valence-corrected chi connectivity index (χ0v) is 36.0. The van der Waals surface area contributed by atoms with Gasteiger partial charge in [0.2, 0.25) is 0 Å². The lowest BCUT2D eigenvalue weighted by molar-refractivity contribution is -0.408.